The molecule has 0 aliphatic heterocycles. The van der Waals surface area contributed by atoms with Crippen LogP contribution in [-0.4, -0.2) is 25.6 Å². The highest BCUT2D eigenvalue weighted by Gasteiger charge is 2.13. The molecular weight excluding hydrogens is 352 g/mol. The molecule has 0 unspecified atom stereocenters. The molecule has 0 bridgehead atoms. The van der Waals surface area contributed by atoms with Gasteiger partial charge in [0.2, 0.25) is 0 Å². The van der Waals surface area contributed by atoms with Crippen LogP contribution in [0.15, 0.2) is 67.3 Å². The maximum absolute atomic E-state index is 12.2. The molecule has 0 aliphatic carbocycles. The molecule has 7 nitrogen and oxygen atoms in total. The molecule has 2 amide bonds. The van der Waals surface area contributed by atoms with E-state index in [1.165, 1.54) is 6.33 Å². The molecule has 4 aromatic rings. The third-order valence-corrected chi connectivity index (χ3v) is 3.92. The lowest BCUT2D eigenvalue weighted by molar-refractivity contribution is 0.262. The molecule has 2 aromatic heterocycles. The van der Waals surface area contributed by atoms with E-state index in [4.69, 9.17) is 11.6 Å². The lowest BCUT2D eigenvalue weighted by atomic mass is 10.3. The molecule has 0 saturated heterocycles. The van der Waals surface area contributed by atoms with Crippen LogP contribution in [0.5, 0.6) is 0 Å². The number of hydrogen-bond acceptors (Lipinski definition) is 4. The SMILES string of the molecule is O=C(Nc1ccccc1)Nc1ncnc2c1ncn2-c1cccc(Cl)c1. The molecule has 128 valence electrons. The number of nitrogens with zero attached hydrogens (tertiary/aromatic N) is 4. The van der Waals surface area contributed by atoms with Crippen LogP contribution in [0.4, 0.5) is 16.3 Å². The minimum atomic E-state index is -0.409. The normalized spacial score (nSPS) is 10.7. The smallest absolute Gasteiger partial charge is 0.308 e. The number of aromatic nitrogens is 4. The van der Waals surface area contributed by atoms with Gasteiger partial charge in [-0.1, -0.05) is 35.9 Å². The van der Waals surface area contributed by atoms with Gasteiger partial charge in [0.1, 0.15) is 12.7 Å². The second-order valence-electron chi connectivity index (χ2n) is 5.43. The highest BCUT2D eigenvalue weighted by molar-refractivity contribution is 6.30. The van der Waals surface area contributed by atoms with Gasteiger partial charge in [0.15, 0.2) is 17.0 Å². The van der Waals surface area contributed by atoms with E-state index in [-0.39, 0.29) is 0 Å². The Kier molecular flexibility index (Phi) is 4.20. The van der Waals surface area contributed by atoms with Gasteiger partial charge in [-0.3, -0.25) is 9.88 Å². The quantitative estimate of drug-likeness (QED) is 0.572. The summed E-state index contributed by atoms with van der Waals surface area (Å²) in [6.07, 6.45) is 2.99. The summed E-state index contributed by atoms with van der Waals surface area (Å²) in [5.41, 5.74) is 2.55. The monoisotopic (exact) mass is 364 g/mol. The fraction of sp³-hybridized carbons (Fsp3) is 0. The molecule has 0 radical (unpaired) electrons. The van der Waals surface area contributed by atoms with E-state index in [0.717, 1.165) is 5.69 Å². The van der Waals surface area contributed by atoms with Crippen LogP contribution >= 0.6 is 11.6 Å². The van der Waals surface area contributed by atoms with E-state index in [2.05, 4.69) is 25.6 Å². The number of carbonyl (C=O) groups excluding carboxylic acids is 1. The Morgan fingerprint density at radius 3 is 2.62 bits per heavy atom. The molecule has 0 spiro atoms. The Balaban J connectivity index is 1.64. The minimum absolute atomic E-state index is 0.323. The van der Waals surface area contributed by atoms with Crippen molar-refractivity contribution in [3.05, 3.63) is 72.3 Å². The van der Waals surface area contributed by atoms with Gasteiger partial charge >= 0.3 is 6.03 Å². The Morgan fingerprint density at radius 2 is 1.81 bits per heavy atom. The first-order valence-electron chi connectivity index (χ1n) is 7.78. The Labute approximate surface area is 153 Å². The highest BCUT2D eigenvalue weighted by atomic mass is 35.5. The van der Waals surface area contributed by atoms with Gasteiger partial charge in [-0.25, -0.2) is 19.7 Å². The maximum atomic E-state index is 12.2. The first kappa shape index (κ1) is 16.0. The first-order valence-corrected chi connectivity index (χ1v) is 8.15. The maximum Gasteiger partial charge on any atom is 0.324 e. The van der Waals surface area contributed by atoms with Crippen molar-refractivity contribution in [2.75, 3.05) is 10.6 Å². The summed E-state index contributed by atoms with van der Waals surface area (Å²) in [6, 6.07) is 16.1. The van der Waals surface area contributed by atoms with Crippen LogP contribution < -0.4 is 10.6 Å². The van der Waals surface area contributed by atoms with Crippen molar-refractivity contribution in [2.45, 2.75) is 0 Å². The summed E-state index contributed by atoms with van der Waals surface area (Å²) in [4.78, 5) is 25.0. The molecular formula is C18H13ClN6O. The van der Waals surface area contributed by atoms with Crippen molar-refractivity contribution in [1.29, 1.82) is 0 Å². The number of fused-ring (bicyclic) bond motifs is 1. The van der Waals surface area contributed by atoms with Crippen molar-refractivity contribution in [3.63, 3.8) is 0 Å². The van der Waals surface area contributed by atoms with Crippen molar-refractivity contribution in [1.82, 2.24) is 19.5 Å². The third kappa shape index (κ3) is 3.20. The van der Waals surface area contributed by atoms with E-state index in [1.807, 2.05) is 30.3 Å². The average molecular weight is 365 g/mol. The van der Waals surface area contributed by atoms with Crippen molar-refractivity contribution in [2.24, 2.45) is 0 Å². The number of imidazole rings is 1. The molecule has 0 saturated carbocycles. The Morgan fingerprint density at radius 1 is 0.962 bits per heavy atom. The Hall–Kier alpha value is -3.45. The van der Waals surface area contributed by atoms with E-state index in [0.29, 0.717) is 27.7 Å². The summed E-state index contributed by atoms with van der Waals surface area (Å²) in [5, 5.41) is 6.06. The minimum Gasteiger partial charge on any atom is -0.308 e. The summed E-state index contributed by atoms with van der Waals surface area (Å²) in [6.45, 7) is 0. The van der Waals surface area contributed by atoms with E-state index >= 15 is 0 Å². The van der Waals surface area contributed by atoms with Gasteiger partial charge in [0, 0.05) is 10.7 Å². The molecule has 2 N–H and O–H groups in total. The number of nitrogens with one attached hydrogen (secondary N) is 2. The van der Waals surface area contributed by atoms with Gasteiger partial charge in [0.05, 0.1) is 5.69 Å². The average Bonchev–Trinajstić information content (AvgIpc) is 3.08. The van der Waals surface area contributed by atoms with Gasteiger partial charge in [-0.2, -0.15) is 0 Å². The number of carbonyl (C=O) groups is 1. The van der Waals surface area contributed by atoms with Crippen LogP contribution in [0.1, 0.15) is 0 Å². The van der Waals surface area contributed by atoms with Crippen LogP contribution in [-0.2, 0) is 0 Å². The molecule has 0 atom stereocenters. The topological polar surface area (TPSA) is 84.7 Å². The summed E-state index contributed by atoms with van der Waals surface area (Å²) in [7, 11) is 0. The second kappa shape index (κ2) is 6.81. The van der Waals surface area contributed by atoms with Gasteiger partial charge in [0.25, 0.3) is 0 Å². The van der Waals surface area contributed by atoms with E-state index in [1.54, 1.807) is 35.2 Å². The molecule has 2 aromatic carbocycles. The predicted octanol–water partition coefficient (Wildman–Crippen LogP) is 4.11. The molecule has 0 fully saturated rings. The fourth-order valence-corrected chi connectivity index (χ4v) is 2.72. The van der Waals surface area contributed by atoms with Crippen molar-refractivity contribution < 1.29 is 4.79 Å². The van der Waals surface area contributed by atoms with Gasteiger partial charge in [-0.15, -0.1) is 0 Å². The Bertz CT molecular complexity index is 1080. The number of benzene rings is 2. The van der Waals surface area contributed by atoms with Crippen molar-refractivity contribution >= 4 is 40.3 Å². The number of rotatable bonds is 3. The molecule has 2 heterocycles. The number of para-hydroxylation sites is 1. The number of hydrogen-bond donors (Lipinski definition) is 2. The third-order valence-electron chi connectivity index (χ3n) is 3.68. The molecule has 4 rings (SSSR count). The van der Waals surface area contributed by atoms with Crippen LogP contribution in [0.2, 0.25) is 5.02 Å². The molecule has 8 heteroatoms. The number of halogens is 1. The van der Waals surface area contributed by atoms with Crippen LogP contribution in [0, 0.1) is 0 Å². The van der Waals surface area contributed by atoms with Gasteiger partial charge < -0.3 is 5.32 Å². The summed E-state index contributed by atoms with van der Waals surface area (Å²) in [5.74, 6) is 0.323. The predicted molar refractivity (Wildman–Crippen MR) is 101 cm³/mol. The largest absolute Gasteiger partial charge is 0.324 e. The van der Waals surface area contributed by atoms with Crippen LogP contribution in [0.3, 0.4) is 0 Å². The summed E-state index contributed by atoms with van der Waals surface area (Å²) >= 11 is 6.06. The van der Waals surface area contributed by atoms with E-state index in [9.17, 15) is 4.79 Å². The standard InChI is InChI=1S/C18H13ClN6O/c19-12-5-4-8-14(9-12)25-11-22-15-16(20-10-21-17(15)25)24-18(26)23-13-6-2-1-3-7-13/h1-11H,(H2,20,21,23,24,26). The fourth-order valence-electron chi connectivity index (χ4n) is 2.53. The zero-order chi connectivity index (χ0) is 17.9. The number of anilines is 2. The molecule has 0 aliphatic rings. The lowest BCUT2D eigenvalue weighted by Crippen LogP contribution is -2.20. The lowest BCUT2D eigenvalue weighted by Gasteiger charge is -2.07. The van der Waals surface area contributed by atoms with Crippen molar-refractivity contribution in [3.8, 4) is 5.69 Å². The highest BCUT2D eigenvalue weighted by Crippen LogP contribution is 2.22. The second-order valence-corrected chi connectivity index (χ2v) is 5.87. The zero-order valence-corrected chi connectivity index (χ0v) is 14.2. The first-order chi connectivity index (χ1) is 12.7. The number of urea groups is 1. The zero-order valence-electron chi connectivity index (χ0n) is 13.4. The summed E-state index contributed by atoms with van der Waals surface area (Å²) < 4.78 is 1.78. The number of amides is 2. The van der Waals surface area contributed by atoms with E-state index < -0.39 is 6.03 Å². The van der Waals surface area contributed by atoms with Crippen LogP contribution in [0.25, 0.3) is 16.9 Å². The van der Waals surface area contributed by atoms with Gasteiger partial charge in [-0.05, 0) is 30.3 Å². The molecule has 26 heavy (non-hydrogen) atoms.